The zero-order valence-electron chi connectivity index (χ0n) is 7.86. The summed E-state index contributed by atoms with van der Waals surface area (Å²) in [6.45, 7) is 12.8. The summed E-state index contributed by atoms with van der Waals surface area (Å²) in [4.78, 5) is 0. The molecule has 1 aliphatic rings. The third-order valence-electron chi connectivity index (χ3n) is 2.78. The van der Waals surface area contributed by atoms with Gasteiger partial charge in [0.25, 0.3) is 0 Å². The molecule has 0 atom stereocenters. The summed E-state index contributed by atoms with van der Waals surface area (Å²) in [5.41, 5.74) is 4.17. The minimum Gasteiger partial charge on any atom is -0.0918 e. The van der Waals surface area contributed by atoms with Crippen molar-refractivity contribution in [2.24, 2.45) is 5.41 Å². The van der Waals surface area contributed by atoms with Crippen LogP contribution in [0, 0.1) is 5.41 Å². The van der Waals surface area contributed by atoms with E-state index in [4.69, 9.17) is 0 Å². The van der Waals surface area contributed by atoms with E-state index in [0.717, 1.165) is 5.57 Å². The lowest BCUT2D eigenvalue weighted by Crippen LogP contribution is -2.17. The van der Waals surface area contributed by atoms with Gasteiger partial charge in [0.2, 0.25) is 0 Å². The molecule has 0 aromatic rings. The number of allylic oxidation sites excluding steroid dienone is 5. The van der Waals surface area contributed by atoms with Crippen molar-refractivity contribution >= 4 is 0 Å². The molecular formula is C11H16. The Balaban J connectivity index is 3.11. The number of hydrogen-bond acceptors (Lipinski definition) is 0. The zero-order chi connectivity index (χ0) is 8.65. The predicted octanol–water partition coefficient (Wildman–Crippen LogP) is 3.48. The van der Waals surface area contributed by atoms with Crippen molar-refractivity contribution in [1.29, 1.82) is 0 Å². The van der Waals surface area contributed by atoms with Gasteiger partial charge < -0.3 is 0 Å². The molecule has 0 spiro atoms. The smallest absolute Gasteiger partial charge is 0.00651 e. The van der Waals surface area contributed by atoms with Crippen LogP contribution in [-0.2, 0) is 0 Å². The van der Waals surface area contributed by atoms with Gasteiger partial charge in [-0.05, 0) is 19.4 Å². The molecule has 0 N–H and O–H groups in total. The fourth-order valence-electron chi connectivity index (χ4n) is 1.27. The molecule has 0 aromatic heterocycles. The van der Waals surface area contributed by atoms with Crippen LogP contribution in [0.3, 0.4) is 0 Å². The normalized spacial score (nSPS) is 22.7. The van der Waals surface area contributed by atoms with Crippen molar-refractivity contribution in [3.63, 3.8) is 0 Å². The second-order valence-electron chi connectivity index (χ2n) is 3.85. The fraction of sp³-hybridized carbons (Fsp3) is 0.455. The van der Waals surface area contributed by atoms with Crippen LogP contribution in [0.5, 0.6) is 0 Å². The Bertz CT molecular complexity index is 225. The van der Waals surface area contributed by atoms with Crippen LogP contribution < -0.4 is 0 Å². The van der Waals surface area contributed by atoms with Gasteiger partial charge in [0, 0.05) is 5.41 Å². The van der Waals surface area contributed by atoms with E-state index < -0.39 is 0 Å². The second kappa shape index (κ2) is 2.37. The van der Waals surface area contributed by atoms with E-state index in [1.165, 1.54) is 11.1 Å². The van der Waals surface area contributed by atoms with Gasteiger partial charge in [0.15, 0.2) is 0 Å². The van der Waals surface area contributed by atoms with Gasteiger partial charge in [-0.25, -0.2) is 0 Å². The summed E-state index contributed by atoms with van der Waals surface area (Å²) >= 11 is 0. The second-order valence-corrected chi connectivity index (χ2v) is 3.85. The van der Waals surface area contributed by atoms with Gasteiger partial charge in [0.05, 0.1) is 0 Å². The van der Waals surface area contributed by atoms with Crippen molar-refractivity contribution in [2.45, 2.75) is 27.7 Å². The van der Waals surface area contributed by atoms with Crippen molar-refractivity contribution in [2.75, 3.05) is 0 Å². The quantitative estimate of drug-likeness (QED) is 0.493. The minimum atomic E-state index is 0.237. The maximum absolute atomic E-state index is 3.93. The molecule has 0 heterocycles. The predicted molar refractivity (Wildman–Crippen MR) is 50.4 cm³/mol. The van der Waals surface area contributed by atoms with Crippen LogP contribution in [-0.4, -0.2) is 0 Å². The fourth-order valence-corrected chi connectivity index (χ4v) is 1.27. The highest BCUT2D eigenvalue weighted by Crippen LogP contribution is 2.38. The van der Waals surface area contributed by atoms with Gasteiger partial charge >= 0.3 is 0 Å². The topological polar surface area (TPSA) is 0 Å². The molecule has 0 aliphatic heterocycles. The maximum Gasteiger partial charge on any atom is 0.00651 e. The molecule has 0 unspecified atom stereocenters. The molecular weight excluding hydrogens is 132 g/mol. The average Bonchev–Trinajstić information content (AvgIpc) is 1.84. The summed E-state index contributed by atoms with van der Waals surface area (Å²) in [7, 11) is 0. The highest BCUT2D eigenvalue weighted by Gasteiger charge is 2.24. The van der Waals surface area contributed by atoms with Crippen molar-refractivity contribution in [3.05, 3.63) is 35.5 Å². The summed E-state index contributed by atoms with van der Waals surface area (Å²) in [6.07, 6.45) is 4.32. The van der Waals surface area contributed by atoms with Crippen molar-refractivity contribution < 1.29 is 0 Å². The maximum atomic E-state index is 3.93. The molecule has 0 fully saturated rings. The lowest BCUT2D eigenvalue weighted by Gasteiger charge is -2.30. The van der Waals surface area contributed by atoms with Crippen LogP contribution in [0.25, 0.3) is 0 Å². The third kappa shape index (κ3) is 1.30. The van der Waals surface area contributed by atoms with Gasteiger partial charge in [-0.15, -0.1) is 0 Å². The van der Waals surface area contributed by atoms with E-state index in [9.17, 15) is 0 Å². The Morgan fingerprint density at radius 1 is 1.09 bits per heavy atom. The molecule has 0 aromatic carbocycles. The highest BCUT2D eigenvalue weighted by molar-refractivity contribution is 5.43. The number of rotatable bonds is 0. The first kappa shape index (κ1) is 8.32. The van der Waals surface area contributed by atoms with Crippen LogP contribution in [0.1, 0.15) is 27.7 Å². The van der Waals surface area contributed by atoms with Crippen molar-refractivity contribution in [3.8, 4) is 0 Å². The first-order chi connectivity index (χ1) is 4.94. The zero-order valence-corrected chi connectivity index (χ0v) is 7.86. The lowest BCUT2D eigenvalue weighted by atomic mass is 9.74. The van der Waals surface area contributed by atoms with E-state index >= 15 is 0 Å². The molecule has 11 heavy (non-hydrogen) atoms. The van der Waals surface area contributed by atoms with Crippen LogP contribution in [0.4, 0.5) is 0 Å². The van der Waals surface area contributed by atoms with Crippen LogP contribution >= 0.6 is 0 Å². The SMILES string of the molecule is C=C1C=C(C)C(C)(C)C(C)=C1. The summed E-state index contributed by atoms with van der Waals surface area (Å²) in [6, 6.07) is 0. The summed E-state index contributed by atoms with van der Waals surface area (Å²) < 4.78 is 0. The molecule has 0 radical (unpaired) electrons. The van der Waals surface area contributed by atoms with E-state index in [1.807, 2.05) is 0 Å². The van der Waals surface area contributed by atoms with Gasteiger partial charge in [-0.1, -0.05) is 43.7 Å². The van der Waals surface area contributed by atoms with Gasteiger partial charge in [-0.3, -0.25) is 0 Å². The first-order valence-electron chi connectivity index (χ1n) is 4.01. The Kier molecular flexibility index (Phi) is 1.79. The van der Waals surface area contributed by atoms with Crippen molar-refractivity contribution in [1.82, 2.24) is 0 Å². The first-order valence-corrected chi connectivity index (χ1v) is 4.01. The van der Waals surface area contributed by atoms with E-state index in [1.54, 1.807) is 0 Å². The van der Waals surface area contributed by atoms with Gasteiger partial charge in [-0.2, -0.15) is 0 Å². The van der Waals surface area contributed by atoms with E-state index in [-0.39, 0.29) is 5.41 Å². The molecule has 0 nitrogen and oxygen atoms in total. The third-order valence-corrected chi connectivity index (χ3v) is 2.78. The standard InChI is InChI=1S/C11H16/c1-8-6-9(2)11(4,5)10(3)7-8/h6-7H,1H2,2-5H3. The molecule has 0 amide bonds. The molecule has 0 heteroatoms. The Morgan fingerprint density at radius 2 is 1.45 bits per heavy atom. The minimum absolute atomic E-state index is 0.237. The molecule has 0 saturated heterocycles. The Labute approximate surface area is 69.3 Å². The molecule has 1 rings (SSSR count). The lowest BCUT2D eigenvalue weighted by molar-refractivity contribution is 0.533. The molecule has 0 saturated carbocycles. The van der Waals surface area contributed by atoms with Crippen LogP contribution in [0.15, 0.2) is 35.5 Å². The summed E-state index contributed by atoms with van der Waals surface area (Å²) in [5.74, 6) is 0. The molecule has 1 aliphatic carbocycles. The number of hydrogen-bond donors (Lipinski definition) is 0. The van der Waals surface area contributed by atoms with E-state index in [2.05, 4.69) is 46.4 Å². The molecule has 0 bridgehead atoms. The average molecular weight is 148 g/mol. The molecule has 60 valence electrons. The summed E-state index contributed by atoms with van der Waals surface area (Å²) in [5, 5.41) is 0. The monoisotopic (exact) mass is 148 g/mol. The van der Waals surface area contributed by atoms with Gasteiger partial charge in [0.1, 0.15) is 0 Å². The largest absolute Gasteiger partial charge is 0.0918 e. The Morgan fingerprint density at radius 3 is 1.82 bits per heavy atom. The van der Waals surface area contributed by atoms with Crippen LogP contribution in [0.2, 0.25) is 0 Å². The highest BCUT2D eigenvalue weighted by atomic mass is 14.3. The Hall–Kier alpha value is -0.780. The van der Waals surface area contributed by atoms with E-state index in [0.29, 0.717) is 0 Å².